The minimum absolute atomic E-state index is 0.130. The molecule has 22 heavy (non-hydrogen) atoms. The fourth-order valence-electron chi connectivity index (χ4n) is 3.66. The van der Waals surface area contributed by atoms with Crippen LogP contribution in [-0.4, -0.2) is 45.1 Å². The highest BCUT2D eigenvalue weighted by Crippen LogP contribution is 2.60. The topological polar surface area (TPSA) is 121 Å². The molecule has 8 nitrogen and oxygen atoms in total. The molecule has 1 aliphatic carbocycles. The third kappa shape index (κ3) is 1.47. The smallest absolute Gasteiger partial charge is 0.321 e. The number of hydrogen-bond donors (Lipinski definition) is 3. The van der Waals surface area contributed by atoms with Crippen LogP contribution in [0.4, 0.5) is 0 Å². The number of hydrazine groups is 1. The number of ether oxygens (including phenoxy) is 2. The Bertz CT molecular complexity index is 624. The summed E-state index contributed by atoms with van der Waals surface area (Å²) in [6, 6.07) is 4.49. The highest BCUT2D eigenvalue weighted by atomic mass is 16.7. The van der Waals surface area contributed by atoms with Crippen molar-refractivity contribution >= 4 is 5.84 Å². The average molecular weight is 305 g/mol. The molecule has 8 heteroatoms. The maximum absolute atomic E-state index is 10.0. The Balaban J connectivity index is 2.78. The molecular weight excluding hydrogens is 284 g/mol. The van der Waals surface area contributed by atoms with Crippen LogP contribution in [0.3, 0.4) is 0 Å². The second kappa shape index (κ2) is 4.96. The minimum Gasteiger partial charge on any atom is -0.321 e. The quantitative estimate of drug-likeness (QED) is 0.406. The van der Waals surface area contributed by atoms with E-state index in [0.717, 1.165) is 0 Å². The van der Waals surface area contributed by atoms with E-state index in [1.807, 2.05) is 13.0 Å². The molecule has 0 bridgehead atoms. The molecule has 0 aromatic rings. The molecule has 2 rings (SSSR count). The van der Waals surface area contributed by atoms with Gasteiger partial charge in [0.05, 0.1) is 17.8 Å². The van der Waals surface area contributed by atoms with Crippen molar-refractivity contribution in [1.82, 2.24) is 10.4 Å². The van der Waals surface area contributed by atoms with Gasteiger partial charge in [-0.2, -0.15) is 10.5 Å². The lowest BCUT2D eigenvalue weighted by atomic mass is 9.61. The minimum atomic E-state index is -1.51. The predicted molar refractivity (Wildman–Crippen MR) is 77.1 cm³/mol. The Morgan fingerprint density at radius 1 is 1.32 bits per heavy atom. The third-order valence-electron chi connectivity index (χ3n) is 4.58. The van der Waals surface area contributed by atoms with Crippen molar-refractivity contribution in [2.45, 2.75) is 12.8 Å². The molecule has 0 fully saturated rings. The molecule has 3 atom stereocenters. The second-order valence-electron chi connectivity index (χ2n) is 5.72. The molecule has 1 heterocycles. The van der Waals surface area contributed by atoms with Gasteiger partial charge in [0.25, 0.3) is 5.84 Å². The zero-order chi connectivity index (χ0) is 16.8. The van der Waals surface area contributed by atoms with Crippen molar-refractivity contribution < 1.29 is 14.5 Å². The summed E-state index contributed by atoms with van der Waals surface area (Å²) in [5.74, 6) is -1.72. The predicted octanol–water partition coefficient (Wildman–Crippen LogP) is -2.00. The van der Waals surface area contributed by atoms with Crippen molar-refractivity contribution in [2.75, 3.05) is 28.3 Å². The fraction of sp³-hybridized carbons (Fsp3) is 0.643. The molecule has 0 saturated carbocycles. The molecule has 4 N–H and O–H groups in total. The maximum Gasteiger partial charge on any atom is 0.343 e. The van der Waals surface area contributed by atoms with Crippen LogP contribution >= 0.6 is 0 Å². The number of fused-ring (bicyclic) bond motifs is 1. The first-order valence-corrected chi connectivity index (χ1v) is 6.82. The van der Waals surface area contributed by atoms with Crippen LogP contribution in [0, 0.1) is 39.4 Å². The lowest BCUT2D eigenvalue weighted by Gasteiger charge is -2.39. The summed E-state index contributed by atoms with van der Waals surface area (Å²) in [5, 5.41) is 21.7. The van der Waals surface area contributed by atoms with Crippen LogP contribution < -0.4 is 16.2 Å². The molecule has 0 saturated heterocycles. The van der Waals surface area contributed by atoms with Gasteiger partial charge in [0, 0.05) is 34.2 Å². The Morgan fingerprint density at radius 2 is 1.91 bits per heavy atom. The fourth-order valence-corrected chi connectivity index (χ4v) is 3.66. The van der Waals surface area contributed by atoms with Crippen LogP contribution in [0.5, 0.6) is 0 Å². The number of nitriles is 2. The molecular formula is C14H21N6O2+. The lowest BCUT2D eigenvalue weighted by Crippen LogP contribution is -2.90. The number of allylic oxidation sites excluding steroid dienone is 1. The van der Waals surface area contributed by atoms with Gasteiger partial charge in [0.15, 0.2) is 5.41 Å². The summed E-state index contributed by atoms with van der Waals surface area (Å²) in [5.41, 5.74) is 7.00. The summed E-state index contributed by atoms with van der Waals surface area (Å²) in [4.78, 5) is 2.89. The van der Waals surface area contributed by atoms with Gasteiger partial charge in [-0.25, -0.2) is 10.0 Å². The molecule has 0 unspecified atom stereocenters. The zero-order valence-corrected chi connectivity index (χ0v) is 13.4. The number of nitrogens with zero attached hydrogens (tertiary/aromatic N) is 3. The van der Waals surface area contributed by atoms with Crippen LogP contribution in [0.15, 0.2) is 11.8 Å². The Hall–Kier alpha value is -2.13. The maximum atomic E-state index is 10.0. The first kappa shape index (κ1) is 16.2. The van der Waals surface area contributed by atoms with Crippen LogP contribution in [0.1, 0.15) is 6.92 Å². The van der Waals surface area contributed by atoms with E-state index < -0.39 is 16.7 Å². The summed E-state index contributed by atoms with van der Waals surface area (Å²) in [6.45, 7) is 1.84. The number of hydrogen-bond acceptors (Lipinski definition) is 7. The van der Waals surface area contributed by atoms with Crippen molar-refractivity contribution in [3.05, 3.63) is 11.8 Å². The van der Waals surface area contributed by atoms with E-state index in [0.29, 0.717) is 5.70 Å². The van der Waals surface area contributed by atoms with Crippen LogP contribution in [0.25, 0.3) is 0 Å². The van der Waals surface area contributed by atoms with Crippen LogP contribution in [0.2, 0.25) is 0 Å². The van der Waals surface area contributed by atoms with Gasteiger partial charge in [0.2, 0.25) is 5.41 Å². The van der Waals surface area contributed by atoms with E-state index in [1.165, 1.54) is 14.2 Å². The van der Waals surface area contributed by atoms with Crippen molar-refractivity contribution in [2.24, 2.45) is 22.5 Å². The molecule has 0 aromatic carbocycles. The first-order valence-electron chi connectivity index (χ1n) is 6.82. The zero-order valence-electron chi connectivity index (χ0n) is 13.4. The van der Waals surface area contributed by atoms with Gasteiger partial charge in [0.1, 0.15) is 0 Å². The summed E-state index contributed by atoms with van der Waals surface area (Å²) in [6.07, 6.45) is 1.83. The van der Waals surface area contributed by atoms with Gasteiger partial charge in [-0.05, 0) is 0 Å². The number of rotatable bonds is 4. The number of methoxy groups -OCH3 is 2. The number of amidine groups is 1. The van der Waals surface area contributed by atoms with E-state index >= 15 is 0 Å². The van der Waals surface area contributed by atoms with Gasteiger partial charge in [-0.1, -0.05) is 13.0 Å². The van der Waals surface area contributed by atoms with E-state index in [9.17, 15) is 10.5 Å². The summed E-state index contributed by atoms with van der Waals surface area (Å²) >= 11 is 0. The monoisotopic (exact) mass is 305 g/mol. The molecule has 1 aliphatic heterocycles. The molecule has 118 valence electrons. The van der Waals surface area contributed by atoms with Crippen molar-refractivity contribution in [3.63, 3.8) is 0 Å². The standard InChI is InChI=1S/C14H20N6O2/c1-9-6-10(19-20(2)3)12(7-15)11(17)18-14(21-4,22-5)13(9,12)8-16/h6,9,19H,1-5H3,(H2,17,18)/p+1/t9-,12+,13+/m1/s1. The molecule has 2 aliphatic rings. The SMILES string of the molecule is COC1(OC)[NH+]=C(N)[C@]2(C#N)C(NN(C)C)=C[C@@H](C)[C@]12C#N. The number of nitrogens with one attached hydrogen (secondary N) is 2. The average Bonchev–Trinajstić information content (AvgIpc) is 2.86. The highest BCUT2D eigenvalue weighted by Gasteiger charge is 2.82. The van der Waals surface area contributed by atoms with Gasteiger partial charge < -0.3 is 14.9 Å². The first-order chi connectivity index (χ1) is 10.3. The normalized spacial score (nSPS) is 35.4. The van der Waals surface area contributed by atoms with Gasteiger partial charge in [-0.15, -0.1) is 0 Å². The third-order valence-corrected chi connectivity index (χ3v) is 4.58. The molecule has 0 radical (unpaired) electrons. The molecule has 0 amide bonds. The molecule has 0 spiro atoms. The summed E-state index contributed by atoms with van der Waals surface area (Å²) in [7, 11) is 6.42. The van der Waals surface area contributed by atoms with E-state index in [2.05, 4.69) is 22.6 Å². The van der Waals surface area contributed by atoms with Crippen molar-refractivity contribution in [1.29, 1.82) is 10.5 Å². The lowest BCUT2D eigenvalue weighted by molar-refractivity contribution is -0.692. The largest absolute Gasteiger partial charge is 0.343 e. The van der Waals surface area contributed by atoms with E-state index in [1.54, 1.807) is 19.1 Å². The second-order valence-corrected chi connectivity index (χ2v) is 5.72. The Labute approximate surface area is 129 Å². The van der Waals surface area contributed by atoms with Crippen molar-refractivity contribution in [3.8, 4) is 12.1 Å². The van der Waals surface area contributed by atoms with E-state index in [4.69, 9.17) is 15.2 Å². The molecule has 0 aromatic heterocycles. The van der Waals surface area contributed by atoms with Gasteiger partial charge >= 0.3 is 5.91 Å². The Morgan fingerprint density at radius 3 is 2.32 bits per heavy atom. The Kier molecular flexibility index (Phi) is 3.66. The van der Waals surface area contributed by atoms with E-state index in [-0.39, 0.29) is 11.8 Å². The summed E-state index contributed by atoms with van der Waals surface area (Å²) < 4.78 is 11.0. The van der Waals surface area contributed by atoms with Crippen LogP contribution in [-0.2, 0) is 9.47 Å². The number of nitrogens with two attached hydrogens (primary N) is 1. The highest BCUT2D eigenvalue weighted by molar-refractivity contribution is 5.92. The van der Waals surface area contributed by atoms with Gasteiger partial charge in [-0.3, -0.25) is 5.73 Å².